The number of para-hydroxylation sites is 1. The Hall–Kier alpha value is -2.95. The van der Waals surface area contributed by atoms with Crippen molar-refractivity contribution in [2.45, 2.75) is 59.5 Å². The molecule has 2 aliphatic rings. The minimum atomic E-state index is 0.0242. The summed E-state index contributed by atoms with van der Waals surface area (Å²) in [4.78, 5) is 13.9. The monoisotopic (exact) mass is 460 g/mol. The summed E-state index contributed by atoms with van der Waals surface area (Å²) >= 11 is 0. The molecule has 5 nitrogen and oxygen atoms in total. The number of hydrogen-bond acceptors (Lipinski definition) is 3. The van der Waals surface area contributed by atoms with Crippen molar-refractivity contribution >= 4 is 16.8 Å². The van der Waals surface area contributed by atoms with Gasteiger partial charge in [-0.2, -0.15) is 0 Å². The van der Waals surface area contributed by atoms with Gasteiger partial charge in [0.05, 0.1) is 25.3 Å². The van der Waals surface area contributed by atoms with Gasteiger partial charge in [-0.15, -0.1) is 0 Å². The molecule has 0 spiro atoms. The van der Waals surface area contributed by atoms with E-state index in [4.69, 9.17) is 9.47 Å². The standard InChI is InChI=1S/C29H36N2O3/c1-18-24(26(32)30-27-28(2,3)20-14-15-29(27,4)16-20)22-8-7-9-23(34-6)25(22)31(18)17-19-10-12-21(33-5)13-11-19/h7-13,20,27H,14-17H2,1-6H3,(H,30,32)/t20?,27-,29+/m1/s1. The maximum atomic E-state index is 13.9. The lowest BCUT2D eigenvalue weighted by molar-refractivity contribution is 0.0738. The van der Waals surface area contributed by atoms with Crippen LogP contribution in [0.4, 0.5) is 0 Å². The highest BCUT2D eigenvalue weighted by Crippen LogP contribution is 2.62. The molecule has 1 N–H and O–H groups in total. The van der Waals surface area contributed by atoms with E-state index in [0.29, 0.717) is 12.5 Å². The minimum Gasteiger partial charge on any atom is -0.497 e. The van der Waals surface area contributed by atoms with Crippen LogP contribution in [0, 0.1) is 23.7 Å². The van der Waals surface area contributed by atoms with Gasteiger partial charge < -0.3 is 19.4 Å². The van der Waals surface area contributed by atoms with Crippen LogP contribution in [-0.4, -0.2) is 30.7 Å². The Labute approximate surface area is 202 Å². The third-order valence-electron chi connectivity index (χ3n) is 8.80. The predicted molar refractivity (Wildman–Crippen MR) is 136 cm³/mol. The number of ether oxygens (including phenoxy) is 2. The fourth-order valence-electron chi connectivity index (χ4n) is 6.93. The van der Waals surface area contributed by atoms with Crippen molar-refractivity contribution in [2.24, 2.45) is 16.7 Å². The molecule has 5 rings (SSSR count). The molecule has 0 aliphatic heterocycles. The zero-order valence-electron chi connectivity index (χ0n) is 21.2. The Morgan fingerprint density at radius 3 is 2.44 bits per heavy atom. The summed E-state index contributed by atoms with van der Waals surface area (Å²) < 4.78 is 13.3. The second kappa shape index (κ2) is 8.07. The number of fused-ring (bicyclic) bond motifs is 3. The smallest absolute Gasteiger partial charge is 0.253 e. The molecular weight excluding hydrogens is 424 g/mol. The molecule has 5 heteroatoms. The van der Waals surface area contributed by atoms with Crippen molar-refractivity contribution in [1.82, 2.24) is 9.88 Å². The molecule has 0 saturated heterocycles. The van der Waals surface area contributed by atoms with E-state index in [1.807, 2.05) is 37.3 Å². The summed E-state index contributed by atoms with van der Waals surface area (Å²) in [6, 6.07) is 14.2. The summed E-state index contributed by atoms with van der Waals surface area (Å²) in [5, 5.41) is 4.45. The molecule has 1 amide bonds. The number of amides is 1. The van der Waals surface area contributed by atoms with Crippen molar-refractivity contribution in [1.29, 1.82) is 0 Å². The Morgan fingerprint density at radius 2 is 1.82 bits per heavy atom. The van der Waals surface area contributed by atoms with E-state index in [1.165, 1.54) is 19.3 Å². The fourth-order valence-corrected chi connectivity index (χ4v) is 6.93. The highest BCUT2D eigenvalue weighted by molar-refractivity contribution is 6.10. The molecule has 2 saturated carbocycles. The summed E-state index contributed by atoms with van der Waals surface area (Å²) in [6.45, 7) is 9.71. The van der Waals surface area contributed by atoms with Crippen LogP contribution >= 0.6 is 0 Å². The van der Waals surface area contributed by atoms with Gasteiger partial charge in [0.25, 0.3) is 5.91 Å². The average Bonchev–Trinajstić information content (AvgIpc) is 3.41. The summed E-state index contributed by atoms with van der Waals surface area (Å²) in [5.74, 6) is 2.31. The number of hydrogen-bond donors (Lipinski definition) is 1. The van der Waals surface area contributed by atoms with Crippen molar-refractivity contribution in [3.05, 3.63) is 59.3 Å². The first-order chi connectivity index (χ1) is 16.2. The fraction of sp³-hybridized carbons (Fsp3) is 0.483. The maximum absolute atomic E-state index is 13.9. The summed E-state index contributed by atoms with van der Waals surface area (Å²) in [6.07, 6.45) is 3.67. The maximum Gasteiger partial charge on any atom is 0.253 e. The Balaban J connectivity index is 1.56. The number of carbonyl (C=O) groups excluding carboxylic acids is 1. The van der Waals surface area contributed by atoms with E-state index in [9.17, 15) is 4.79 Å². The first kappa shape index (κ1) is 22.8. The predicted octanol–water partition coefficient (Wildman–Crippen LogP) is 5.96. The minimum absolute atomic E-state index is 0.0242. The van der Waals surface area contributed by atoms with Gasteiger partial charge in [0, 0.05) is 23.7 Å². The number of carbonyl (C=O) groups is 1. The number of nitrogens with zero attached hydrogens (tertiary/aromatic N) is 1. The number of nitrogens with one attached hydrogen (secondary N) is 1. The average molecular weight is 461 g/mol. The molecule has 0 radical (unpaired) electrons. The van der Waals surface area contributed by atoms with Crippen LogP contribution in [0.25, 0.3) is 10.9 Å². The van der Waals surface area contributed by atoms with Crippen LogP contribution in [-0.2, 0) is 6.54 Å². The van der Waals surface area contributed by atoms with E-state index in [-0.39, 0.29) is 22.8 Å². The van der Waals surface area contributed by atoms with Crippen LogP contribution in [0.1, 0.15) is 61.6 Å². The van der Waals surface area contributed by atoms with Gasteiger partial charge in [0.15, 0.2) is 0 Å². The van der Waals surface area contributed by atoms with E-state index < -0.39 is 0 Å². The molecule has 2 fully saturated rings. The van der Waals surface area contributed by atoms with Crippen LogP contribution in [0.3, 0.4) is 0 Å². The highest BCUT2D eigenvalue weighted by Gasteiger charge is 2.59. The molecular formula is C29H36N2O3. The molecule has 2 bridgehead atoms. The van der Waals surface area contributed by atoms with E-state index >= 15 is 0 Å². The summed E-state index contributed by atoms with van der Waals surface area (Å²) in [5.41, 5.74) is 4.10. The zero-order valence-corrected chi connectivity index (χ0v) is 21.2. The lowest BCUT2D eigenvalue weighted by Gasteiger charge is -2.43. The SMILES string of the molecule is COc1ccc(Cn2c(C)c(C(=O)N[C@@H]3C(C)(C)C4CC[C@@]3(C)C4)c3cccc(OC)c32)cc1. The highest BCUT2D eigenvalue weighted by atomic mass is 16.5. The van der Waals surface area contributed by atoms with Gasteiger partial charge >= 0.3 is 0 Å². The second-order valence-corrected chi connectivity index (χ2v) is 11.1. The molecule has 3 aromatic rings. The van der Waals surface area contributed by atoms with Crippen LogP contribution < -0.4 is 14.8 Å². The van der Waals surface area contributed by atoms with Crippen molar-refractivity contribution < 1.29 is 14.3 Å². The number of rotatable bonds is 6. The molecule has 34 heavy (non-hydrogen) atoms. The van der Waals surface area contributed by atoms with Crippen LogP contribution in [0.5, 0.6) is 11.5 Å². The first-order valence-electron chi connectivity index (χ1n) is 12.3. The Bertz CT molecular complexity index is 1240. The Morgan fingerprint density at radius 1 is 1.09 bits per heavy atom. The Kier molecular flexibility index (Phi) is 5.42. The molecule has 180 valence electrons. The van der Waals surface area contributed by atoms with Crippen LogP contribution in [0.15, 0.2) is 42.5 Å². The van der Waals surface area contributed by atoms with Gasteiger partial charge in [-0.25, -0.2) is 0 Å². The third-order valence-corrected chi connectivity index (χ3v) is 8.80. The topological polar surface area (TPSA) is 52.5 Å². The van der Waals surface area contributed by atoms with Crippen molar-refractivity contribution in [3.8, 4) is 11.5 Å². The van der Waals surface area contributed by atoms with E-state index in [1.54, 1.807) is 14.2 Å². The van der Waals surface area contributed by atoms with Gasteiger partial charge in [0.2, 0.25) is 0 Å². The molecule has 3 atom stereocenters. The zero-order chi connectivity index (χ0) is 24.3. The van der Waals surface area contributed by atoms with Crippen LogP contribution in [0.2, 0.25) is 0 Å². The largest absolute Gasteiger partial charge is 0.497 e. The van der Waals surface area contributed by atoms with E-state index in [2.05, 4.69) is 42.8 Å². The molecule has 1 unspecified atom stereocenters. The third kappa shape index (κ3) is 3.40. The van der Waals surface area contributed by atoms with Gasteiger partial charge in [-0.3, -0.25) is 4.79 Å². The number of methoxy groups -OCH3 is 2. The second-order valence-electron chi connectivity index (χ2n) is 11.1. The number of aromatic nitrogens is 1. The molecule has 1 heterocycles. The van der Waals surface area contributed by atoms with Gasteiger partial charge in [0.1, 0.15) is 11.5 Å². The molecule has 2 aromatic carbocycles. The van der Waals surface area contributed by atoms with Gasteiger partial charge in [-0.1, -0.05) is 45.0 Å². The normalized spacial score (nSPS) is 25.0. The van der Waals surface area contributed by atoms with E-state index in [0.717, 1.165) is 39.2 Å². The first-order valence-corrected chi connectivity index (χ1v) is 12.3. The quantitative estimate of drug-likeness (QED) is 0.494. The number of benzene rings is 2. The lowest BCUT2D eigenvalue weighted by atomic mass is 9.68. The van der Waals surface area contributed by atoms with Crippen molar-refractivity contribution in [3.63, 3.8) is 0 Å². The van der Waals surface area contributed by atoms with Crippen molar-refractivity contribution in [2.75, 3.05) is 14.2 Å². The summed E-state index contributed by atoms with van der Waals surface area (Å²) in [7, 11) is 3.36. The van der Waals surface area contributed by atoms with Gasteiger partial charge in [-0.05, 0) is 66.7 Å². The molecule has 2 aliphatic carbocycles. The molecule has 1 aromatic heterocycles. The lowest BCUT2D eigenvalue weighted by Crippen LogP contribution is -2.52.